The van der Waals surface area contributed by atoms with Gasteiger partial charge in [-0.05, 0) is 36.5 Å². The summed E-state index contributed by atoms with van der Waals surface area (Å²) < 4.78 is 15.8. The molecule has 0 saturated heterocycles. The van der Waals surface area contributed by atoms with E-state index in [1.165, 1.54) is 24.3 Å². The number of aromatic nitrogens is 1. The average molecular weight is 454 g/mol. The van der Waals surface area contributed by atoms with Gasteiger partial charge in [0.2, 0.25) is 5.43 Å². The molecule has 4 N–H and O–H groups in total. The molecule has 9 heteroatoms. The van der Waals surface area contributed by atoms with E-state index in [2.05, 4.69) is 5.32 Å². The molecule has 1 fully saturated rings. The maximum Gasteiger partial charge on any atom is 0.341 e. The van der Waals surface area contributed by atoms with Gasteiger partial charge in [0.05, 0.1) is 16.6 Å². The average Bonchev–Trinajstić information content (AvgIpc) is 2.76. The number of aromatic hydroxyl groups is 2. The largest absolute Gasteiger partial charge is 0.508 e. The fourth-order valence-electron chi connectivity index (χ4n) is 4.59. The molecule has 33 heavy (non-hydrogen) atoms. The molecule has 1 aromatic heterocycles. The number of halogens is 1. The van der Waals surface area contributed by atoms with Gasteiger partial charge in [-0.15, -0.1) is 0 Å². The van der Waals surface area contributed by atoms with Crippen molar-refractivity contribution >= 4 is 28.6 Å². The summed E-state index contributed by atoms with van der Waals surface area (Å²) in [6.45, 7) is 1.98. The van der Waals surface area contributed by atoms with Crippen LogP contribution in [0.5, 0.6) is 11.5 Å². The predicted molar refractivity (Wildman–Crippen MR) is 120 cm³/mol. The van der Waals surface area contributed by atoms with E-state index < -0.39 is 34.6 Å². The number of hydrogen-bond acceptors (Lipinski definition) is 5. The van der Waals surface area contributed by atoms with E-state index >= 15 is 0 Å². The number of carboxylic acid groups (broad SMARTS) is 1. The summed E-state index contributed by atoms with van der Waals surface area (Å²) in [5.74, 6) is -2.98. The number of rotatable bonds is 3. The molecule has 0 spiro atoms. The number of fused-ring (bicyclic) bond motifs is 1. The molecule has 3 aromatic rings. The summed E-state index contributed by atoms with van der Waals surface area (Å²) in [4.78, 5) is 36.9. The molecule has 1 amide bonds. The fourth-order valence-corrected chi connectivity index (χ4v) is 4.59. The third kappa shape index (κ3) is 3.90. The molecule has 2 aromatic carbocycles. The van der Waals surface area contributed by atoms with Gasteiger partial charge in [0.25, 0.3) is 0 Å². The van der Waals surface area contributed by atoms with E-state index in [9.17, 15) is 34.1 Å². The van der Waals surface area contributed by atoms with E-state index in [0.29, 0.717) is 5.56 Å². The molecule has 172 valence electrons. The number of carbonyl (C=O) groups is 2. The molecule has 0 atom stereocenters. The monoisotopic (exact) mass is 454 g/mol. The molecule has 0 bridgehead atoms. The van der Waals surface area contributed by atoms with Gasteiger partial charge in [-0.3, -0.25) is 9.36 Å². The predicted octanol–water partition coefficient (Wildman–Crippen LogP) is 4.55. The highest BCUT2D eigenvalue weighted by Gasteiger charge is 2.32. The van der Waals surface area contributed by atoms with E-state index in [-0.39, 0.29) is 27.8 Å². The number of amides is 1. The Hall–Kier alpha value is -3.88. The maximum absolute atomic E-state index is 15.0. The van der Waals surface area contributed by atoms with Crippen molar-refractivity contribution in [1.82, 2.24) is 4.57 Å². The minimum atomic E-state index is -1.58. The lowest BCUT2D eigenvalue weighted by Gasteiger charge is -2.34. The van der Waals surface area contributed by atoms with Gasteiger partial charge in [0.15, 0.2) is 0 Å². The summed E-state index contributed by atoms with van der Waals surface area (Å²) in [6.07, 6.45) is 5.50. The Morgan fingerprint density at radius 3 is 2.45 bits per heavy atom. The second-order valence-corrected chi connectivity index (χ2v) is 8.62. The lowest BCUT2D eigenvalue weighted by atomic mass is 9.70. The lowest BCUT2D eigenvalue weighted by Crippen LogP contribution is -2.27. The molecular formula is C24H23FN2O6. The van der Waals surface area contributed by atoms with Crippen molar-refractivity contribution in [3.8, 4) is 11.5 Å². The van der Waals surface area contributed by atoms with Crippen molar-refractivity contribution in [1.29, 1.82) is 0 Å². The zero-order valence-electron chi connectivity index (χ0n) is 17.9. The van der Waals surface area contributed by atoms with Crippen LogP contribution in [0.4, 0.5) is 14.9 Å². The smallest absolute Gasteiger partial charge is 0.341 e. The minimum Gasteiger partial charge on any atom is -0.508 e. The van der Waals surface area contributed by atoms with Crippen molar-refractivity contribution < 1.29 is 29.3 Å². The highest BCUT2D eigenvalue weighted by Crippen LogP contribution is 2.44. The first-order chi connectivity index (χ1) is 15.6. The molecule has 8 nitrogen and oxygen atoms in total. The Morgan fingerprint density at radius 1 is 1.09 bits per heavy atom. The molecule has 0 radical (unpaired) electrons. The zero-order chi connectivity index (χ0) is 23.9. The maximum atomic E-state index is 15.0. The van der Waals surface area contributed by atoms with Gasteiger partial charge >= 0.3 is 12.0 Å². The molecule has 1 aliphatic rings. The number of nitrogens with one attached hydrogen (secondary N) is 1. The second kappa shape index (κ2) is 8.23. The van der Waals surface area contributed by atoms with Gasteiger partial charge in [0.1, 0.15) is 22.9 Å². The number of phenolic OH excluding ortho intramolecular Hbond substituents is 2. The van der Waals surface area contributed by atoms with E-state index in [4.69, 9.17) is 0 Å². The summed E-state index contributed by atoms with van der Waals surface area (Å²) in [5, 5.41) is 32.0. The summed E-state index contributed by atoms with van der Waals surface area (Å²) in [6, 6.07) is 5.30. The van der Waals surface area contributed by atoms with E-state index in [1.54, 1.807) is 0 Å². The Balaban J connectivity index is 1.76. The standard InChI is InChI=1S/C24H23FN2O6/c1-24(8-3-2-4-9-24)14-10-15(25)16(11-19(14)29)26-23(33)27-12-13(22(31)32)21(30)20-17(27)6-5-7-18(20)28/h5-7,10-12,28-29H,2-4,8-9H2,1H3,(H,26,33)(H,31,32). The molecule has 1 aliphatic carbocycles. The van der Waals surface area contributed by atoms with Crippen LogP contribution in [0.1, 0.15) is 54.9 Å². The van der Waals surface area contributed by atoms with Gasteiger partial charge in [-0.1, -0.05) is 32.3 Å². The summed E-state index contributed by atoms with van der Waals surface area (Å²) in [7, 11) is 0. The number of phenols is 2. The van der Waals surface area contributed by atoms with Crippen LogP contribution >= 0.6 is 0 Å². The topological polar surface area (TPSA) is 129 Å². The van der Waals surface area contributed by atoms with Crippen LogP contribution in [0.2, 0.25) is 0 Å². The van der Waals surface area contributed by atoms with Gasteiger partial charge in [-0.2, -0.15) is 0 Å². The molecule has 4 rings (SSSR count). The van der Waals surface area contributed by atoms with Crippen molar-refractivity contribution in [2.24, 2.45) is 0 Å². The number of pyridine rings is 1. The molecular weight excluding hydrogens is 431 g/mol. The number of carbonyl (C=O) groups excluding carboxylic acids is 1. The van der Waals surface area contributed by atoms with Gasteiger partial charge in [0, 0.05) is 17.8 Å². The van der Waals surface area contributed by atoms with Gasteiger partial charge in [-0.25, -0.2) is 14.0 Å². The first-order valence-electron chi connectivity index (χ1n) is 10.6. The minimum absolute atomic E-state index is 0.0570. The SMILES string of the molecule is CC1(c2cc(F)c(NC(=O)n3cc(C(=O)O)c(=O)c4c(O)cccc43)cc2O)CCCCC1. The molecule has 1 heterocycles. The zero-order valence-corrected chi connectivity index (χ0v) is 17.9. The second-order valence-electron chi connectivity index (χ2n) is 8.62. The van der Waals surface area contributed by atoms with Crippen LogP contribution in [0.3, 0.4) is 0 Å². The van der Waals surface area contributed by atoms with E-state index in [1.807, 2.05) is 6.92 Å². The summed E-state index contributed by atoms with van der Waals surface area (Å²) in [5.41, 5.74) is -1.93. The Morgan fingerprint density at radius 2 is 1.79 bits per heavy atom. The number of anilines is 1. The Bertz CT molecular complexity index is 1340. The Labute approximate surface area is 187 Å². The van der Waals surface area contributed by atoms with Crippen LogP contribution in [0.15, 0.2) is 41.3 Å². The number of benzene rings is 2. The number of nitrogens with zero attached hydrogens (tertiary/aromatic N) is 1. The number of carboxylic acids is 1. The quantitative estimate of drug-likeness (QED) is 0.459. The Kier molecular flexibility index (Phi) is 5.57. The molecule has 1 saturated carbocycles. The first-order valence-corrected chi connectivity index (χ1v) is 10.6. The summed E-state index contributed by atoms with van der Waals surface area (Å²) >= 11 is 0. The van der Waals surface area contributed by atoms with Crippen molar-refractivity contribution in [2.45, 2.75) is 44.4 Å². The molecule has 0 unspecified atom stereocenters. The van der Waals surface area contributed by atoms with Crippen LogP contribution in [-0.2, 0) is 5.41 Å². The van der Waals surface area contributed by atoms with Gasteiger partial charge < -0.3 is 20.6 Å². The van der Waals surface area contributed by atoms with Crippen molar-refractivity contribution in [2.75, 3.05) is 5.32 Å². The number of aromatic carboxylic acids is 1. The van der Waals surface area contributed by atoms with Crippen molar-refractivity contribution in [3.05, 3.63) is 63.7 Å². The van der Waals surface area contributed by atoms with Crippen molar-refractivity contribution in [3.63, 3.8) is 0 Å². The highest BCUT2D eigenvalue weighted by atomic mass is 19.1. The van der Waals surface area contributed by atoms with Crippen LogP contribution < -0.4 is 10.7 Å². The third-order valence-electron chi connectivity index (χ3n) is 6.39. The lowest BCUT2D eigenvalue weighted by molar-refractivity contribution is 0.0695. The first kappa shape index (κ1) is 22.3. The van der Waals surface area contributed by atoms with Crippen LogP contribution in [-0.4, -0.2) is 31.9 Å². The number of hydrogen-bond donors (Lipinski definition) is 4. The van der Waals surface area contributed by atoms with E-state index in [0.717, 1.165) is 48.9 Å². The highest BCUT2D eigenvalue weighted by molar-refractivity contribution is 6.02. The third-order valence-corrected chi connectivity index (χ3v) is 6.39. The fraction of sp³-hybridized carbons (Fsp3) is 0.292. The van der Waals surface area contributed by atoms with Crippen LogP contribution in [0, 0.1) is 5.82 Å². The molecule has 0 aliphatic heterocycles. The normalized spacial score (nSPS) is 15.3. The van der Waals surface area contributed by atoms with Crippen LogP contribution in [0.25, 0.3) is 10.9 Å².